The molecule has 1 aliphatic rings. The number of hydrogen-bond acceptors (Lipinski definition) is 4. The van der Waals surface area contributed by atoms with Crippen molar-refractivity contribution in [1.82, 2.24) is 0 Å². The number of ether oxygens (including phenoxy) is 1. The molecular weight excluding hydrogens is 288 g/mol. The van der Waals surface area contributed by atoms with E-state index in [1.54, 1.807) is 13.2 Å². The van der Waals surface area contributed by atoms with Gasteiger partial charge < -0.3 is 14.7 Å². The van der Waals surface area contributed by atoms with Crippen LogP contribution in [-0.2, 0) is 5.41 Å². The first kappa shape index (κ1) is 15.2. The SMILES string of the molecule is COc1cccc(C2(C#N)CCN(c3ccccc3O)CC2)c1. The summed E-state index contributed by atoms with van der Waals surface area (Å²) in [6.45, 7) is 1.48. The molecule has 0 saturated carbocycles. The fraction of sp³-hybridized carbons (Fsp3) is 0.316. The molecule has 0 spiro atoms. The van der Waals surface area contributed by atoms with Crippen molar-refractivity contribution in [3.8, 4) is 17.6 Å². The molecule has 4 nitrogen and oxygen atoms in total. The Balaban J connectivity index is 1.83. The van der Waals surface area contributed by atoms with Crippen molar-refractivity contribution in [2.45, 2.75) is 18.3 Å². The average molecular weight is 308 g/mol. The number of hydrogen-bond donors (Lipinski definition) is 1. The van der Waals surface area contributed by atoms with Crippen LogP contribution < -0.4 is 9.64 Å². The Kier molecular flexibility index (Phi) is 4.12. The lowest BCUT2D eigenvalue weighted by atomic mass is 9.74. The van der Waals surface area contributed by atoms with Gasteiger partial charge in [0.1, 0.15) is 11.5 Å². The van der Waals surface area contributed by atoms with Crippen molar-refractivity contribution >= 4 is 5.69 Å². The number of phenolic OH excluding ortho intramolecular Hbond substituents is 1. The van der Waals surface area contributed by atoms with E-state index in [-0.39, 0.29) is 0 Å². The maximum atomic E-state index is 10.0. The van der Waals surface area contributed by atoms with E-state index in [2.05, 4.69) is 11.0 Å². The van der Waals surface area contributed by atoms with Gasteiger partial charge in [-0.25, -0.2) is 0 Å². The number of methoxy groups -OCH3 is 1. The van der Waals surface area contributed by atoms with Crippen LogP contribution in [0.25, 0.3) is 0 Å². The van der Waals surface area contributed by atoms with Crippen LogP contribution in [0.5, 0.6) is 11.5 Å². The average Bonchev–Trinajstić information content (AvgIpc) is 2.62. The molecule has 0 radical (unpaired) electrons. The molecule has 1 saturated heterocycles. The molecule has 0 bridgehead atoms. The van der Waals surface area contributed by atoms with E-state index in [0.717, 1.165) is 42.9 Å². The van der Waals surface area contributed by atoms with Crippen molar-refractivity contribution in [3.63, 3.8) is 0 Å². The van der Waals surface area contributed by atoms with Crippen molar-refractivity contribution in [2.24, 2.45) is 0 Å². The second-order valence-corrected chi connectivity index (χ2v) is 5.90. The summed E-state index contributed by atoms with van der Waals surface area (Å²) in [4.78, 5) is 2.14. The van der Waals surface area contributed by atoms with Crippen LogP contribution in [0.3, 0.4) is 0 Å². The van der Waals surface area contributed by atoms with Gasteiger partial charge in [-0.1, -0.05) is 24.3 Å². The normalized spacial score (nSPS) is 16.6. The topological polar surface area (TPSA) is 56.5 Å². The Labute approximate surface area is 136 Å². The smallest absolute Gasteiger partial charge is 0.138 e. The zero-order chi connectivity index (χ0) is 16.3. The minimum absolute atomic E-state index is 0.290. The summed E-state index contributed by atoms with van der Waals surface area (Å²) in [6, 6.07) is 17.7. The minimum Gasteiger partial charge on any atom is -0.506 e. The Morgan fingerprint density at radius 1 is 1.13 bits per heavy atom. The lowest BCUT2D eigenvalue weighted by molar-refractivity contribution is 0.397. The van der Waals surface area contributed by atoms with E-state index in [0.29, 0.717) is 5.75 Å². The van der Waals surface area contributed by atoms with Crippen LogP contribution in [0, 0.1) is 11.3 Å². The third kappa shape index (κ3) is 2.83. The van der Waals surface area contributed by atoms with E-state index in [1.807, 2.05) is 42.5 Å². The van der Waals surface area contributed by atoms with Crippen LogP contribution >= 0.6 is 0 Å². The van der Waals surface area contributed by atoms with E-state index < -0.39 is 5.41 Å². The van der Waals surface area contributed by atoms with Crippen molar-refractivity contribution in [3.05, 3.63) is 54.1 Å². The molecule has 4 heteroatoms. The summed E-state index contributed by atoms with van der Waals surface area (Å²) >= 11 is 0. The van der Waals surface area contributed by atoms with E-state index in [9.17, 15) is 10.4 Å². The number of nitrogens with zero attached hydrogens (tertiary/aromatic N) is 2. The summed E-state index contributed by atoms with van der Waals surface area (Å²) in [5.74, 6) is 1.07. The van der Waals surface area contributed by atoms with Gasteiger partial charge in [0.25, 0.3) is 0 Å². The van der Waals surface area contributed by atoms with E-state index >= 15 is 0 Å². The predicted octanol–water partition coefficient (Wildman–Crippen LogP) is 3.46. The lowest BCUT2D eigenvalue weighted by Gasteiger charge is -2.39. The van der Waals surface area contributed by atoms with Gasteiger partial charge in [0, 0.05) is 13.1 Å². The van der Waals surface area contributed by atoms with Crippen molar-refractivity contribution in [2.75, 3.05) is 25.1 Å². The van der Waals surface area contributed by atoms with Gasteiger partial charge in [-0.3, -0.25) is 0 Å². The molecule has 0 unspecified atom stereocenters. The highest BCUT2D eigenvalue weighted by molar-refractivity contribution is 5.58. The number of piperidine rings is 1. The molecule has 118 valence electrons. The Morgan fingerprint density at radius 2 is 1.87 bits per heavy atom. The maximum absolute atomic E-state index is 10.0. The van der Waals surface area contributed by atoms with Gasteiger partial charge in [0.05, 0.1) is 24.3 Å². The second-order valence-electron chi connectivity index (χ2n) is 5.90. The third-order valence-electron chi connectivity index (χ3n) is 4.68. The van der Waals surface area contributed by atoms with E-state index in [4.69, 9.17) is 4.74 Å². The quantitative estimate of drug-likeness (QED) is 0.943. The van der Waals surface area contributed by atoms with Crippen LogP contribution in [-0.4, -0.2) is 25.3 Å². The first-order valence-corrected chi connectivity index (χ1v) is 7.77. The molecule has 0 amide bonds. The minimum atomic E-state index is -0.491. The number of para-hydroxylation sites is 2. The lowest BCUT2D eigenvalue weighted by Crippen LogP contribution is -2.42. The number of nitriles is 1. The fourth-order valence-corrected chi connectivity index (χ4v) is 3.25. The molecule has 0 aliphatic carbocycles. The molecule has 0 aromatic heterocycles. The zero-order valence-corrected chi connectivity index (χ0v) is 13.2. The molecular formula is C19H20N2O2. The van der Waals surface area contributed by atoms with Crippen LogP contribution in [0.1, 0.15) is 18.4 Å². The van der Waals surface area contributed by atoms with Crippen molar-refractivity contribution < 1.29 is 9.84 Å². The monoisotopic (exact) mass is 308 g/mol. The second kappa shape index (κ2) is 6.21. The third-order valence-corrected chi connectivity index (χ3v) is 4.68. The summed E-state index contributed by atoms with van der Waals surface area (Å²) in [7, 11) is 1.64. The summed E-state index contributed by atoms with van der Waals surface area (Å²) < 4.78 is 5.29. The summed E-state index contributed by atoms with van der Waals surface area (Å²) in [5.41, 5.74) is 1.36. The summed E-state index contributed by atoms with van der Waals surface area (Å²) in [5, 5.41) is 19.8. The number of aromatic hydroxyl groups is 1. The highest BCUT2D eigenvalue weighted by Crippen LogP contribution is 2.39. The molecule has 2 aromatic carbocycles. The maximum Gasteiger partial charge on any atom is 0.138 e. The van der Waals surface area contributed by atoms with Gasteiger partial charge in [-0.05, 0) is 42.7 Å². The Bertz CT molecular complexity index is 728. The first-order chi connectivity index (χ1) is 11.2. The number of phenols is 1. The number of rotatable bonds is 3. The standard InChI is InChI=1S/C19H20N2O2/c1-23-16-6-4-5-15(13-16)19(14-20)9-11-21(12-10-19)17-7-2-3-8-18(17)22/h2-8,13,22H,9-12H2,1H3. The van der Waals surface area contributed by atoms with Crippen molar-refractivity contribution in [1.29, 1.82) is 5.26 Å². The Morgan fingerprint density at radius 3 is 2.52 bits per heavy atom. The van der Waals surface area contributed by atoms with Crippen LogP contribution in [0.4, 0.5) is 5.69 Å². The van der Waals surface area contributed by atoms with E-state index in [1.165, 1.54) is 0 Å². The van der Waals surface area contributed by atoms with Gasteiger partial charge in [0.2, 0.25) is 0 Å². The van der Waals surface area contributed by atoms with Crippen LogP contribution in [0.2, 0.25) is 0 Å². The first-order valence-electron chi connectivity index (χ1n) is 7.77. The Hall–Kier alpha value is -2.67. The molecule has 2 aromatic rings. The van der Waals surface area contributed by atoms with Gasteiger partial charge in [-0.2, -0.15) is 5.26 Å². The number of anilines is 1. The highest BCUT2D eigenvalue weighted by atomic mass is 16.5. The predicted molar refractivity (Wildman–Crippen MR) is 89.8 cm³/mol. The molecule has 1 N–H and O–H groups in total. The highest BCUT2D eigenvalue weighted by Gasteiger charge is 2.37. The summed E-state index contributed by atoms with van der Waals surface area (Å²) in [6.07, 6.45) is 1.45. The fourth-order valence-electron chi connectivity index (χ4n) is 3.25. The largest absolute Gasteiger partial charge is 0.506 e. The van der Waals surface area contributed by atoms with Gasteiger partial charge in [-0.15, -0.1) is 0 Å². The molecule has 23 heavy (non-hydrogen) atoms. The molecule has 1 heterocycles. The number of benzene rings is 2. The molecule has 3 rings (SSSR count). The molecule has 0 atom stereocenters. The van der Waals surface area contributed by atoms with Gasteiger partial charge in [0.15, 0.2) is 0 Å². The van der Waals surface area contributed by atoms with Gasteiger partial charge >= 0.3 is 0 Å². The molecule has 1 aliphatic heterocycles. The van der Waals surface area contributed by atoms with Crippen LogP contribution in [0.15, 0.2) is 48.5 Å². The zero-order valence-electron chi connectivity index (χ0n) is 13.2. The molecule has 1 fully saturated rings.